The van der Waals surface area contributed by atoms with Gasteiger partial charge in [0.05, 0.1) is 12.1 Å². The van der Waals surface area contributed by atoms with Crippen molar-refractivity contribution in [2.45, 2.75) is 162 Å². The Morgan fingerprint density at radius 3 is 2.16 bits per heavy atom. The van der Waals surface area contributed by atoms with Crippen molar-refractivity contribution in [2.75, 3.05) is 19.6 Å². The number of hydrogen-bond acceptors (Lipinski definition) is 7. The molecule has 2 saturated heterocycles. The summed E-state index contributed by atoms with van der Waals surface area (Å²) < 4.78 is 0. The Morgan fingerprint density at radius 1 is 0.930 bits per heavy atom. The molecule has 3 saturated carbocycles. The maximum atomic E-state index is 15.0. The number of rotatable bonds is 15. The van der Waals surface area contributed by atoms with Crippen molar-refractivity contribution in [1.29, 1.82) is 0 Å². The molecule has 57 heavy (non-hydrogen) atoms. The first-order valence-corrected chi connectivity index (χ1v) is 21.6. The number of allylic oxidation sites excluding steroid dienone is 1. The Kier molecular flexibility index (Phi) is 14.5. The number of hydrogen-bond donors (Lipinski definition) is 4. The van der Waals surface area contributed by atoms with Gasteiger partial charge in [-0.05, 0) is 69.1 Å². The number of imide groups is 1. The molecule has 1 spiro atoms. The molecular formula is C44H68N6O7. The lowest BCUT2D eigenvalue weighted by atomic mass is 9.67. The van der Waals surface area contributed by atoms with Gasteiger partial charge in [-0.25, -0.2) is 4.79 Å². The van der Waals surface area contributed by atoms with E-state index in [1.54, 1.807) is 4.90 Å². The summed E-state index contributed by atoms with van der Waals surface area (Å²) >= 11 is 0. The second kappa shape index (κ2) is 18.7. The van der Waals surface area contributed by atoms with Gasteiger partial charge in [0.15, 0.2) is 0 Å². The Hall–Kier alpha value is -4.03. The molecule has 5 aliphatic rings. The molecule has 5 rings (SSSR count). The zero-order chi connectivity index (χ0) is 41.7. The number of carbonyl (C=O) groups is 7. The van der Waals surface area contributed by atoms with Gasteiger partial charge in [-0.1, -0.05) is 89.9 Å². The fourth-order valence-corrected chi connectivity index (χ4v) is 10.1. The number of nitrogens with zero attached hydrogens (tertiary/aromatic N) is 2. The molecule has 0 aromatic heterocycles. The maximum absolute atomic E-state index is 15.0. The molecule has 6 atom stereocenters. The van der Waals surface area contributed by atoms with E-state index in [-0.39, 0.29) is 60.4 Å². The highest BCUT2D eigenvalue weighted by Crippen LogP contribution is 2.51. The first kappa shape index (κ1) is 44.1. The smallest absolute Gasteiger partial charge is 0.315 e. The molecule has 3 unspecified atom stereocenters. The fourth-order valence-electron chi connectivity index (χ4n) is 10.1. The van der Waals surface area contributed by atoms with Crippen LogP contribution in [-0.2, 0) is 28.8 Å². The molecule has 0 bridgehead atoms. The number of amides is 7. The molecule has 0 aromatic carbocycles. The van der Waals surface area contributed by atoms with Crippen LogP contribution in [0.3, 0.4) is 0 Å². The normalized spacial score (nSPS) is 24.9. The number of Topliss-reactive ketones (excluding diaryl/α,β-unsaturated/α-hetero) is 1. The highest BCUT2D eigenvalue weighted by molar-refractivity contribution is 6.38. The minimum Gasteiger partial charge on any atom is -0.346 e. The number of fused-ring (bicyclic) bond motifs is 1. The monoisotopic (exact) mass is 793 g/mol. The average Bonchev–Trinajstić information content (AvgIpc) is 3.72. The van der Waals surface area contributed by atoms with Gasteiger partial charge >= 0.3 is 6.03 Å². The second-order valence-electron chi connectivity index (χ2n) is 18.9. The van der Waals surface area contributed by atoms with Crippen molar-refractivity contribution in [3.8, 4) is 0 Å². The highest BCUT2D eigenvalue weighted by Gasteiger charge is 2.56. The van der Waals surface area contributed by atoms with E-state index >= 15 is 0 Å². The molecule has 13 heteroatoms. The zero-order valence-corrected chi connectivity index (χ0v) is 35.3. The fraction of sp³-hybridized carbons (Fsp3) is 0.750. The summed E-state index contributed by atoms with van der Waals surface area (Å²) in [7, 11) is 0. The summed E-state index contributed by atoms with van der Waals surface area (Å²) in [6.45, 7) is 15.9. The zero-order valence-electron chi connectivity index (χ0n) is 35.3. The van der Waals surface area contributed by atoms with Crippen LogP contribution >= 0.6 is 0 Å². The maximum Gasteiger partial charge on any atom is 0.315 e. The Balaban J connectivity index is 1.37. The lowest BCUT2D eigenvalue weighted by Gasteiger charge is -2.41. The molecular weight excluding hydrogens is 725 g/mol. The van der Waals surface area contributed by atoms with Gasteiger partial charge in [0.1, 0.15) is 12.1 Å². The van der Waals surface area contributed by atoms with Crippen LogP contribution in [0.15, 0.2) is 23.8 Å². The largest absolute Gasteiger partial charge is 0.346 e. The van der Waals surface area contributed by atoms with Crippen LogP contribution in [-0.4, -0.2) is 95.0 Å². The van der Waals surface area contributed by atoms with E-state index < -0.39 is 53.2 Å². The van der Waals surface area contributed by atoms with Crippen LogP contribution in [0.5, 0.6) is 0 Å². The Morgan fingerprint density at radius 2 is 1.58 bits per heavy atom. The first-order chi connectivity index (χ1) is 27.0. The average molecular weight is 793 g/mol. The van der Waals surface area contributed by atoms with E-state index in [2.05, 4.69) is 27.8 Å². The number of urea groups is 1. The van der Waals surface area contributed by atoms with E-state index in [1.165, 1.54) is 16.5 Å². The van der Waals surface area contributed by atoms with Crippen LogP contribution in [0.4, 0.5) is 4.79 Å². The molecule has 0 aromatic rings. The SMILES string of the molecule is C=CCNC(=O)C(=O)C(CCCC)NC(=O)[C@@H]1C2CC(=C(C)C)C2CN1C(=O)[C@@H](NC(=O)N[C@H](CN1C(=O)CC2(CCCC2)CC1=O)C(C)(C)C)C1CCCCC1. The quantitative estimate of drug-likeness (QED) is 0.102. The van der Waals surface area contributed by atoms with Crippen molar-refractivity contribution in [2.24, 2.45) is 28.6 Å². The third-order valence-electron chi connectivity index (χ3n) is 13.6. The minimum absolute atomic E-state index is 0.0236. The van der Waals surface area contributed by atoms with Crippen LogP contribution in [0.2, 0.25) is 0 Å². The molecule has 3 aliphatic carbocycles. The van der Waals surface area contributed by atoms with E-state index in [4.69, 9.17) is 0 Å². The Labute approximate surface area is 339 Å². The second-order valence-corrected chi connectivity index (χ2v) is 18.9. The highest BCUT2D eigenvalue weighted by atomic mass is 16.2. The van der Waals surface area contributed by atoms with Crippen molar-refractivity contribution in [1.82, 2.24) is 31.1 Å². The minimum atomic E-state index is -1.05. The first-order valence-electron chi connectivity index (χ1n) is 21.6. The van der Waals surface area contributed by atoms with Gasteiger partial charge in [-0.2, -0.15) is 0 Å². The predicted molar refractivity (Wildman–Crippen MR) is 217 cm³/mol. The van der Waals surface area contributed by atoms with Gasteiger partial charge in [0.2, 0.25) is 29.4 Å². The van der Waals surface area contributed by atoms with E-state index in [0.29, 0.717) is 32.2 Å². The standard InChI is InChI=1S/C44H68N6O7/c1-8-10-18-32(38(53)40(55)45-21-9-2)46-39(54)37-30-22-29(27(3)4)31(30)25-50(37)41(56)36(28-16-12-11-13-17-28)48-42(57)47-33(43(5,6)7)26-49-34(51)23-44(24-35(49)52)19-14-15-20-44/h9,28,30-33,36-37H,2,8,10-26H2,1,3-7H3,(H,45,55)(H,46,54)(H2,47,48,57)/t30?,31?,32?,33-,36+,37+/m1/s1. The summed E-state index contributed by atoms with van der Waals surface area (Å²) in [5.74, 6) is -3.07. The number of nitrogens with one attached hydrogen (secondary N) is 4. The summed E-state index contributed by atoms with van der Waals surface area (Å²) in [5, 5.41) is 11.5. The number of ketones is 1. The van der Waals surface area contributed by atoms with Crippen LogP contribution in [0.25, 0.3) is 0 Å². The van der Waals surface area contributed by atoms with Crippen LogP contribution in [0, 0.1) is 28.6 Å². The molecule has 5 fully saturated rings. The molecule has 13 nitrogen and oxygen atoms in total. The summed E-state index contributed by atoms with van der Waals surface area (Å²) in [4.78, 5) is 99.2. The van der Waals surface area contributed by atoms with Crippen molar-refractivity contribution in [3.05, 3.63) is 23.8 Å². The third-order valence-corrected chi connectivity index (χ3v) is 13.6. The van der Waals surface area contributed by atoms with Crippen molar-refractivity contribution >= 4 is 41.4 Å². The number of piperidine rings is 1. The summed E-state index contributed by atoms with van der Waals surface area (Å²) in [6, 6.07) is -4.00. The topological polar surface area (TPSA) is 174 Å². The summed E-state index contributed by atoms with van der Waals surface area (Å²) in [6.07, 6.45) is 12.6. The number of likely N-dealkylation sites (tertiary alicyclic amines) is 2. The molecule has 316 valence electrons. The number of unbranched alkanes of at least 4 members (excludes halogenated alkanes) is 1. The molecule has 2 heterocycles. The van der Waals surface area contributed by atoms with Crippen molar-refractivity contribution in [3.63, 3.8) is 0 Å². The van der Waals surface area contributed by atoms with Crippen molar-refractivity contribution < 1.29 is 33.6 Å². The molecule has 4 N–H and O–H groups in total. The third kappa shape index (κ3) is 10.2. The van der Waals surface area contributed by atoms with Gasteiger partial charge in [0.25, 0.3) is 5.91 Å². The predicted octanol–water partition coefficient (Wildman–Crippen LogP) is 5.09. The molecule has 7 amide bonds. The van der Waals surface area contributed by atoms with E-state index in [1.807, 2.05) is 41.5 Å². The van der Waals surface area contributed by atoms with Gasteiger partial charge in [0, 0.05) is 44.3 Å². The van der Waals surface area contributed by atoms with Gasteiger partial charge < -0.3 is 26.2 Å². The molecule has 0 radical (unpaired) electrons. The summed E-state index contributed by atoms with van der Waals surface area (Å²) in [5.41, 5.74) is 1.60. The Bertz CT molecular complexity index is 1580. The van der Waals surface area contributed by atoms with Crippen LogP contribution in [0.1, 0.15) is 138 Å². The van der Waals surface area contributed by atoms with Crippen LogP contribution < -0.4 is 21.3 Å². The lowest BCUT2D eigenvalue weighted by Crippen LogP contribution is -2.62. The van der Waals surface area contributed by atoms with E-state index in [0.717, 1.165) is 69.8 Å². The van der Waals surface area contributed by atoms with E-state index in [9.17, 15) is 33.6 Å². The lowest BCUT2D eigenvalue weighted by molar-refractivity contribution is -0.154. The van der Waals surface area contributed by atoms with Gasteiger partial charge in [-0.3, -0.25) is 33.7 Å². The number of carbonyl (C=O) groups excluding carboxylic acids is 7. The molecule has 2 aliphatic heterocycles. The van der Waals surface area contributed by atoms with Gasteiger partial charge in [-0.15, -0.1) is 6.58 Å².